The van der Waals surface area contributed by atoms with Gasteiger partial charge in [0.2, 0.25) is 0 Å². The van der Waals surface area contributed by atoms with Crippen molar-refractivity contribution in [3.8, 4) is 0 Å². The van der Waals surface area contributed by atoms with Crippen molar-refractivity contribution in [2.24, 2.45) is 0 Å². The number of ether oxygens (including phenoxy) is 1. The maximum absolute atomic E-state index is 13.8. The van der Waals surface area contributed by atoms with Crippen molar-refractivity contribution in [1.29, 1.82) is 0 Å². The van der Waals surface area contributed by atoms with Gasteiger partial charge in [0.25, 0.3) is 0 Å². The molecule has 2 aromatic rings. The van der Waals surface area contributed by atoms with Crippen molar-refractivity contribution < 1.29 is 9.13 Å². The van der Waals surface area contributed by atoms with Crippen molar-refractivity contribution in [3.05, 3.63) is 76.6 Å². The zero-order valence-electron chi connectivity index (χ0n) is 13.3. The summed E-state index contributed by atoms with van der Waals surface area (Å²) in [4.78, 5) is 2.49. The third-order valence-corrected chi connectivity index (χ3v) is 5.15. The summed E-state index contributed by atoms with van der Waals surface area (Å²) in [6.45, 7) is 2.32. The Morgan fingerprint density at radius 1 is 1.12 bits per heavy atom. The second-order valence-corrected chi connectivity index (χ2v) is 6.85. The third kappa shape index (κ3) is 3.12. The number of hydrogen-bond donors (Lipinski definition) is 0. The van der Waals surface area contributed by atoms with E-state index in [1.165, 1.54) is 17.2 Å². The first-order valence-corrected chi connectivity index (χ1v) is 8.62. The summed E-state index contributed by atoms with van der Waals surface area (Å²) in [5, 5.41) is 0.171. The molecule has 2 atom stereocenters. The van der Waals surface area contributed by atoms with Crippen LogP contribution in [-0.2, 0) is 11.3 Å². The van der Waals surface area contributed by atoms with E-state index in [2.05, 4.69) is 35.2 Å². The van der Waals surface area contributed by atoms with Gasteiger partial charge in [-0.25, -0.2) is 4.39 Å². The number of rotatable bonds is 3. The average molecular weight is 344 g/mol. The third-order valence-electron chi connectivity index (χ3n) is 4.84. The van der Waals surface area contributed by atoms with Crippen molar-refractivity contribution in [3.63, 3.8) is 0 Å². The van der Waals surface area contributed by atoms with Crippen LogP contribution in [0.25, 0.3) is 5.57 Å². The smallest absolute Gasteiger partial charge is 0.142 e. The van der Waals surface area contributed by atoms with Gasteiger partial charge in [0, 0.05) is 12.6 Å². The van der Waals surface area contributed by atoms with E-state index in [0.29, 0.717) is 12.6 Å². The van der Waals surface area contributed by atoms with Gasteiger partial charge in [-0.15, -0.1) is 0 Å². The van der Waals surface area contributed by atoms with Crippen molar-refractivity contribution in [1.82, 2.24) is 4.90 Å². The highest BCUT2D eigenvalue weighted by molar-refractivity contribution is 6.30. The highest BCUT2D eigenvalue weighted by Gasteiger charge is 2.34. The Bertz CT molecular complexity index is 761. The van der Waals surface area contributed by atoms with Gasteiger partial charge in [0.1, 0.15) is 5.82 Å². The molecule has 2 aromatic carbocycles. The molecule has 124 valence electrons. The first-order chi connectivity index (χ1) is 11.7. The lowest BCUT2D eigenvalue weighted by Crippen LogP contribution is -2.53. The van der Waals surface area contributed by atoms with E-state index in [0.717, 1.165) is 25.1 Å². The van der Waals surface area contributed by atoms with Crippen LogP contribution in [0.1, 0.15) is 17.5 Å². The highest BCUT2D eigenvalue weighted by Crippen LogP contribution is 2.34. The monoisotopic (exact) mass is 343 g/mol. The Morgan fingerprint density at radius 2 is 1.96 bits per heavy atom. The fraction of sp³-hybridized carbons (Fsp3) is 0.300. The summed E-state index contributed by atoms with van der Waals surface area (Å²) in [5.74, 6) is -0.358. The minimum absolute atomic E-state index is 0.171. The van der Waals surface area contributed by atoms with E-state index in [-0.39, 0.29) is 16.9 Å². The molecule has 0 aromatic heterocycles. The van der Waals surface area contributed by atoms with Crippen LogP contribution >= 0.6 is 11.6 Å². The topological polar surface area (TPSA) is 12.5 Å². The molecule has 0 radical (unpaired) electrons. The molecule has 1 saturated heterocycles. The number of benzene rings is 2. The molecule has 24 heavy (non-hydrogen) atoms. The van der Waals surface area contributed by atoms with Gasteiger partial charge in [0.15, 0.2) is 0 Å². The van der Waals surface area contributed by atoms with Crippen LogP contribution in [0.3, 0.4) is 0 Å². The Balaban J connectivity index is 1.61. The predicted molar refractivity (Wildman–Crippen MR) is 94.4 cm³/mol. The molecule has 2 bridgehead atoms. The first-order valence-electron chi connectivity index (χ1n) is 8.24. The van der Waals surface area contributed by atoms with Crippen LogP contribution in [0.15, 0.2) is 54.6 Å². The number of morpholine rings is 1. The quantitative estimate of drug-likeness (QED) is 0.811. The molecule has 0 N–H and O–H groups in total. The van der Waals surface area contributed by atoms with Gasteiger partial charge in [-0.3, -0.25) is 4.90 Å². The second kappa shape index (κ2) is 6.67. The maximum atomic E-state index is 13.8. The van der Waals surface area contributed by atoms with E-state index >= 15 is 0 Å². The Kier molecular flexibility index (Phi) is 4.40. The average Bonchev–Trinajstić information content (AvgIpc) is 2.58. The Hall–Kier alpha value is -1.68. The number of fused-ring (bicyclic) bond motifs is 2. The van der Waals surface area contributed by atoms with Crippen LogP contribution < -0.4 is 0 Å². The van der Waals surface area contributed by atoms with Crippen LogP contribution in [0.2, 0.25) is 5.02 Å². The van der Waals surface area contributed by atoms with E-state index in [1.807, 2.05) is 12.1 Å². The summed E-state index contributed by atoms with van der Waals surface area (Å²) in [6, 6.07) is 16.1. The molecular formula is C20H19ClFNO. The Morgan fingerprint density at radius 3 is 2.71 bits per heavy atom. The van der Waals surface area contributed by atoms with Crippen LogP contribution in [0, 0.1) is 5.82 Å². The summed E-state index contributed by atoms with van der Waals surface area (Å²) in [7, 11) is 0. The summed E-state index contributed by atoms with van der Waals surface area (Å²) in [5.41, 5.74) is 3.42. The van der Waals surface area contributed by atoms with E-state index in [4.69, 9.17) is 16.3 Å². The zero-order valence-corrected chi connectivity index (χ0v) is 14.0. The molecule has 0 aliphatic carbocycles. The van der Waals surface area contributed by atoms with E-state index < -0.39 is 0 Å². The fourth-order valence-electron chi connectivity index (χ4n) is 3.61. The van der Waals surface area contributed by atoms with E-state index in [9.17, 15) is 4.39 Å². The minimum Gasteiger partial charge on any atom is -0.378 e. The molecule has 2 unspecified atom stereocenters. The van der Waals surface area contributed by atoms with Gasteiger partial charge < -0.3 is 4.74 Å². The Labute approximate surface area is 146 Å². The molecule has 2 aliphatic rings. The molecule has 4 heteroatoms. The molecule has 0 saturated carbocycles. The first kappa shape index (κ1) is 15.8. The van der Waals surface area contributed by atoms with Crippen molar-refractivity contribution in [2.45, 2.75) is 25.0 Å². The summed E-state index contributed by atoms with van der Waals surface area (Å²) >= 11 is 5.81. The number of halogens is 2. The molecule has 0 spiro atoms. The van der Waals surface area contributed by atoms with Gasteiger partial charge >= 0.3 is 0 Å². The minimum atomic E-state index is -0.358. The summed E-state index contributed by atoms with van der Waals surface area (Å²) < 4.78 is 19.5. The molecule has 2 aliphatic heterocycles. The van der Waals surface area contributed by atoms with Gasteiger partial charge in [0.05, 0.1) is 24.3 Å². The van der Waals surface area contributed by atoms with Gasteiger partial charge in [-0.05, 0) is 35.3 Å². The van der Waals surface area contributed by atoms with E-state index in [1.54, 1.807) is 6.07 Å². The molecule has 0 amide bonds. The summed E-state index contributed by atoms with van der Waals surface area (Å²) in [6.07, 6.45) is 3.09. The molecular weight excluding hydrogens is 325 g/mol. The lowest BCUT2D eigenvalue weighted by atomic mass is 9.89. The van der Waals surface area contributed by atoms with Crippen LogP contribution in [0.4, 0.5) is 4.39 Å². The maximum Gasteiger partial charge on any atom is 0.142 e. The standard InChI is InChI=1S/C20H19ClFNO/c21-19-7-6-15(10-20(19)22)16-8-17-12-24-13-18(9-16)23(17)11-14-4-2-1-3-5-14/h1-8,10,17-18H,9,11-13H2. The van der Waals surface area contributed by atoms with Crippen molar-refractivity contribution >= 4 is 17.2 Å². The normalized spacial score (nSPS) is 23.8. The largest absolute Gasteiger partial charge is 0.378 e. The lowest BCUT2D eigenvalue weighted by molar-refractivity contribution is -0.0402. The number of hydrogen-bond acceptors (Lipinski definition) is 2. The highest BCUT2D eigenvalue weighted by atomic mass is 35.5. The molecule has 2 nitrogen and oxygen atoms in total. The molecule has 2 heterocycles. The van der Waals surface area contributed by atoms with Gasteiger partial charge in [-0.2, -0.15) is 0 Å². The number of nitrogens with zero attached hydrogens (tertiary/aromatic N) is 1. The lowest BCUT2D eigenvalue weighted by Gasteiger charge is -2.44. The van der Waals surface area contributed by atoms with Gasteiger partial charge in [-0.1, -0.05) is 54.1 Å². The SMILES string of the molecule is Fc1cc(C2=CC3COCC(C2)N3Cc2ccccc2)ccc1Cl. The molecule has 4 rings (SSSR count). The van der Waals surface area contributed by atoms with Crippen LogP contribution in [0.5, 0.6) is 0 Å². The fourth-order valence-corrected chi connectivity index (χ4v) is 3.73. The second-order valence-electron chi connectivity index (χ2n) is 6.44. The zero-order chi connectivity index (χ0) is 16.5. The molecule has 1 fully saturated rings. The van der Waals surface area contributed by atoms with Crippen molar-refractivity contribution in [2.75, 3.05) is 13.2 Å². The predicted octanol–water partition coefficient (Wildman–Crippen LogP) is 4.54. The van der Waals surface area contributed by atoms with Crippen LogP contribution in [-0.4, -0.2) is 30.2 Å².